The number of rotatable bonds is 6. The van der Waals surface area contributed by atoms with E-state index in [9.17, 15) is 19.5 Å². The molecule has 1 aromatic carbocycles. The number of urea groups is 1. The molecule has 126 valence electrons. The van der Waals surface area contributed by atoms with Crippen molar-refractivity contribution in [2.45, 2.75) is 27.2 Å². The van der Waals surface area contributed by atoms with Crippen molar-refractivity contribution in [1.29, 1.82) is 0 Å². The van der Waals surface area contributed by atoms with E-state index in [1.807, 2.05) is 13.8 Å². The highest BCUT2D eigenvalue weighted by molar-refractivity contribution is 5.97. The van der Waals surface area contributed by atoms with E-state index in [1.54, 1.807) is 19.1 Å². The second-order valence-electron chi connectivity index (χ2n) is 5.53. The Balaban J connectivity index is 2.39. The lowest BCUT2D eigenvalue weighted by molar-refractivity contribution is -0.123. The highest BCUT2D eigenvalue weighted by Gasteiger charge is 2.16. The van der Waals surface area contributed by atoms with Crippen molar-refractivity contribution in [3.8, 4) is 5.75 Å². The molecule has 7 nitrogen and oxygen atoms in total. The predicted octanol–water partition coefficient (Wildman–Crippen LogP) is 1.73. The Bertz CT molecular complexity index is 584. The summed E-state index contributed by atoms with van der Waals surface area (Å²) >= 11 is 0. The van der Waals surface area contributed by atoms with Crippen LogP contribution >= 0.6 is 0 Å². The van der Waals surface area contributed by atoms with Crippen LogP contribution in [0, 0.1) is 12.8 Å². The van der Waals surface area contributed by atoms with Crippen LogP contribution < -0.4 is 10.6 Å². The molecule has 3 N–H and O–H groups in total. The number of aromatic hydroxyl groups is 1. The van der Waals surface area contributed by atoms with Gasteiger partial charge in [-0.05, 0) is 30.9 Å². The molecule has 0 spiro atoms. The SMILES string of the molecule is Cc1cccc(C(=O)OCC(=O)NC(=O)NCCC(C)C)c1O. The van der Waals surface area contributed by atoms with E-state index >= 15 is 0 Å². The number of phenolic OH excluding ortho intramolecular Hbond substituents is 1. The summed E-state index contributed by atoms with van der Waals surface area (Å²) in [5.41, 5.74) is 0.493. The van der Waals surface area contributed by atoms with Gasteiger partial charge in [-0.2, -0.15) is 0 Å². The number of esters is 1. The average molecular weight is 322 g/mol. The number of amides is 3. The largest absolute Gasteiger partial charge is 0.507 e. The van der Waals surface area contributed by atoms with E-state index in [-0.39, 0.29) is 11.3 Å². The Hall–Kier alpha value is -2.57. The summed E-state index contributed by atoms with van der Waals surface area (Å²) in [5, 5.41) is 14.3. The van der Waals surface area contributed by atoms with Crippen LogP contribution in [0.25, 0.3) is 0 Å². The van der Waals surface area contributed by atoms with Crippen molar-refractivity contribution in [3.63, 3.8) is 0 Å². The third kappa shape index (κ3) is 6.37. The van der Waals surface area contributed by atoms with Crippen LogP contribution in [0.1, 0.15) is 36.2 Å². The molecule has 3 amide bonds. The van der Waals surface area contributed by atoms with Gasteiger partial charge in [0.25, 0.3) is 5.91 Å². The number of nitrogens with one attached hydrogen (secondary N) is 2. The maximum atomic E-state index is 11.8. The molecule has 0 atom stereocenters. The molecule has 0 radical (unpaired) electrons. The maximum absolute atomic E-state index is 11.8. The molecule has 7 heteroatoms. The summed E-state index contributed by atoms with van der Waals surface area (Å²) in [7, 11) is 0. The number of phenols is 1. The van der Waals surface area contributed by atoms with Gasteiger partial charge in [0.2, 0.25) is 0 Å². The first-order valence-corrected chi connectivity index (χ1v) is 7.34. The van der Waals surface area contributed by atoms with Crippen LogP contribution in [0.4, 0.5) is 4.79 Å². The smallest absolute Gasteiger partial charge is 0.342 e. The first kappa shape index (κ1) is 18.5. The van der Waals surface area contributed by atoms with Crippen molar-refractivity contribution in [3.05, 3.63) is 29.3 Å². The molecular weight excluding hydrogens is 300 g/mol. The summed E-state index contributed by atoms with van der Waals surface area (Å²) in [6.07, 6.45) is 0.795. The van der Waals surface area contributed by atoms with Crippen LogP contribution in [-0.2, 0) is 9.53 Å². The number of para-hydroxylation sites is 1. The number of carbonyl (C=O) groups is 3. The van der Waals surface area contributed by atoms with Gasteiger partial charge in [0.1, 0.15) is 11.3 Å². The lowest BCUT2D eigenvalue weighted by atomic mass is 10.1. The van der Waals surface area contributed by atoms with Crippen molar-refractivity contribution >= 4 is 17.9 Å². The molecule has 1 aromatic rings. The van der Waals surface area contributed by atoms with E-state index in [1.165, 1.54) is 6.07 Å². The summed E-state index contributed by atoms with van der Waals surface area (Å²) < 4.78 is 4.78. The van der Waals surface area contributed by atoms with Crippen molar-refractivity contribution in [2.24, 2.45) is 5.92 Å². The molecule has 0 aliphatic rings. The topological polar surface area (TPSA) is 105 Å². The second kappa shape index (κ2) is 8.77. The molecule has 0 heterocycles. The molecule has 0 fully saturated rings. The number of aryl methyl sites for hydroxylation is 1. The van der Waals surface area contributed by atoms with Gasteiger partial charge in [0.05, 0.1) is 0 Å². The van der Waals surface area contributed by atoms with E-state index in [0.29, 0.717) is 18.0 Å². The van der Waals surface area contributed by atoms with Gasteiger partial charge >= 0.3 is 12.0 Å². The molecule has 0 aliphatic carbocycles. The van der Waals surface area contributed by atoms with E-state index in [4.69, 9.17) is 4.74 Å². The molecule has 0 bridgehead atoms. The van der Waals surface area contributed by atoms with Gasteiger partial charge in [-0.15, -0.1) is 0 Å². The molecule has 23 heavy (non-hydrogen) atoms. The minimum atomic E-state index is -0.832. The molecule has 0 aromatic heterocycles. The van der Waals surface area contributed by atoms with E-state index < -0.39 is 24.5 Å². The molecule has 0 unspecified atom stereocenters. The zero-order chi connectivity index (χ0) is 17.4. The van der Waals surface area contributed by atoms with Crippen molar-refractivity contribution < 1.29 is 24.2 Å². The number of hydrogen-bond donors (Lipinski definition) is 3. The van der Waals surface area contributed by atoms with Gasteiger partial charge in [-0.25, -0.2) is 9.59 Å². The fourth-order valence-electron chi connectivity index (χ4n) is 1.71. The third-order valence-corrected chi connectivity index (χ3v) is 3.05. The zero-order valence-electron chi connectivity index (χ0n) is 13.5. The molecule has 0 saturated heterocycles. The Morgan fingerprint density at radius 2 is 1.96 bits per heavy atom. The van der Waals surface area contributed by atoms with Gasteiger partial charge < -0.3 is 15.2 Å². The lowest BCUT2D eigenvalue weighted by Crippen LogP contribution is -2.42. The van der Waals surface area contributed by atoms with Gasteiger partial charge in [-0.3, -0.25) is 10.1 Å². The second-order valence-corrected chi connectivity index (χ2v) is 5.53. The van der Waals surface area contributed by atoms with Crippen LogP contribution in [0.5, 0.6) is 5.75 Å². The van der Waals surface area contributed by atoms with Gasteiger partial charge in [-0.1, -0.05) is 26.0 Å². The third-order valence-electron chi connectivity index (χ3n) is 3.05. The Morgan fingerprint density at radius 3 is 2.61 bits per heavy atom. The first-order chi connectivity index (χ1) is 10.8. The van der Waals surface area contributed by atoms with Gasteiger partial charge in [0.15, 0.2) is 6.61 Å². The standard InChI is InChI=1S/C16H22N2O5/c1-10(2)7-8-17-16(22)18-13(19)9-23-15(21)12-6-4-5-11(3)14(12)20/h4-6,10,20H,7-9H2,1-3H3,(H2,17,18,19,22). The quantitative estimate of drug-likeness (QED) is 0.692. The number of benzene rings is 1. The molecular formula is C16H22N2O5. The zero-order valence-corrected chi connectivity index (χ0v) is 13.5. The number of hydrogen-bond acceptors (Lipinski definition) is 5. The van der Waals surface area contributed by atoms with Crippen LogP contribution in [0.3, 0.4) is 0 Å². The number of imide groups is 1. The maximum Gasteiger partial charge on any atom is 0.342 e. The highest BCUT2D eigenvalue weighted by atomic mass is 16.5. The molecule has 0 aliphatic heterocycles. The Kier molecular flexibility index (Phi) is 7.05. The fourth-order valence-corrected chi connectivity index (χ4v) is 1.71. The summed E-state index contributed by atoms with van der Waals surface area (Å²) in [5.74, 6) is -1.33. The van der Waals surface area contributed by atoms with Crippen LogP contribution in [0.2, 0.25) is 0 Å². The first-order valence-electron chi connectivity index (χ1n) is 7.34. The minimum absolute atomic E-state index is 0.0285. The predicted molar refractivity (Wildman–Crippen MR) is 84.1 cm³/mol. The summed E-state index contributed by atoms with van der Waals surface area (Å²) in [6.45, 7) is 5.52. The van der Waals surface area contributed by atoms with E-state index in [0.717, 1.165) is 6.42 Å². The van der Waals surface area contributed by atoms with Gasteiger partial charge in [0, 0.05) is 6.54 Å². The number of ether oxygens (including phenoxy) is 1. The summed E-state index contributed by atoms with van der Waals surface area (Å²) in [4.78, 5) is 34.7. The Labute approximate surface area is 135 Å². The normalized spacial score (nSPS) is 10.3. The van der Waals surface area contributed by atoms with Crippen LogP contribution in [0.15, 0.2) is 18.2 Å². The Morgan fingerprint density at radius 1 is 1.26 bits per heavy atom. The van der Waals surface area contributed by atoms with Crippen molar-refractivity contribution in [2.75, 3.05) is 13.2 Å². The monoisotopic (exact) mass is 322 g/mol. The lowest BCUT2D eigenvalue weighted by Gasteiger charge is -2.09. The minimum Gasteiger partial charge on any atom is -0.507 e. The molecule has 1 rings (SSSR count). The molecule has 0 saturated carbocycles. The summed E-state index contributed by atoms with van der Waals surface area (Å²) in [6, 6.07) is 3.99. The van der Waals surface area contributed by atoms with Crippen LogP contribution in [-0.4, -0.2) is 36.2 Å². The number of carbonyl (C=O) groups excluding carboxylic acids is 3. The fraction of sp³-hybridized carbons (Fsp3) is 0.438. The average Bonchev–Trinajstić information content (AvgIpc) is 2.47. The van der Waals surface area contributed by atoms with Crippen molar-refractivity contribution in [1.82, 2.24) is 10.6 Å². The highest BCUT2D eigenvalue weighted by Crippen LogP contribution is 2.21. The van der Waals surface area contributed by atoms with E-state index in [2.05, 4.69) is 10.6 Å².